The van der Waals surface area contributed by atoms with Gasteiger partial charge < -0.3 is 16.0 Å². The van der Waals surface area contributed by atoms with Crippen LogP contribution < -0.4 is 11.1 Å². The first-order valence-corrected chi connectivity index (χ1v) is 5.33. The molecule has 2 amide bonds. The van der Waals surface area contributed by atoms with Crippen LogP contribution in [0.5, 0.6) is 0 Å². The van der Waals surface area contributed by atoms with E-state index >= 15 is 0 Å². The van der Waals surface area contributed by atoms with Crippen LogP contribution in [-0.2, 0) is 9.59 Å². The van der Waals surface area contributed by atoms with E-state index in [1.165, 1.54) is 0 Å². The van der Waals surface area contributed by atoms with Crippen LogP contribution in [0.2, 0.25) is 0 Å². The molecule has 0 radical (unpaired) electrons. The zero-order chi connectivity index (χ0) is 11.8. The van der Waals surface area contributed by atoms with E-state index in [4.69, 9.17) is 5.73 Å². The second kappa shape index (κ2) is 7.23. The van der Waals surface area contributed by atoms with E-state index in [0.717, 1.165) is 13.1 Å². The molecule has 0 aliphatic carbocycles. The van der Waals surface area contributed by atoms with Crippen molar-refractivity contribution in [3.8, 4) is 0 Å². The van der Waals surface area contributed by atoms with Gasteiger partial charge in [0.05, 0.1) is 6.04 Å². The van der Waals surface area contributed by atoms with Crippen molar-refractivity contribution >= 4 is 11.8 Å². The highest BCUT2D eigenvalue weighted by atomic mass is 16.2. The minimum absolute atomic E-state index is 0.101. The molecule has 0 aromatic heterocycles. The van der Waals surface area contributed by atoms with Crippen LogP contribution in [0, 0.1) is 0 Å². The average Bonchev–Trinajstić information content (AvgIpc) is 2.19. The highest BCUT2D eigenvalue weighted by molar-refractivity contribution is 5.79. The Balaban J connectivity index is 3.76. The Hall–Kier alpha value is -1.10. The summed E-state index contributed by atoms with van der Waals surface area (Å²) in [4.78, 5) is 24.0. The van der Waals surface area contributed by atoms with E-state index in [1.807, 2.05) is 13.8 Å². The summed E-state index contributed by atoms with van der Waals surface area (Å²) in [5, 5.41) is 2.89. The van der Waals surface area contributed by atoms with Crippen LogP contribution in [0.3, 0.4) is 0 Å². The number of nitrogens with one attached hydrogen (secondary N) is 1. The normalized spacial score (nSPS) is 12.2. The number of rotatable bonds is 7. The molecule has 88 valence electrons. The van der Waals surface area contributed by atoms with Gasteiger partial charge in [-0.1, -0.05) is 0 Å². The summed E-state index contributed by atoms with van der Waals surface area (Å²) in [7, 11) is 0. The molecule has 1 atom stereocenters. The average molecular weight is 215 g/mol. The third-order valence-electron chi connectivity index (χ3n) is 2.33. The Bertz CT molecular complexity index is 215. The predicted octanol–water partition coefficient (Wildman–Crippen LogP) is -0.292. The van der Waals surface area contributed by atoms with Crippen LogP contribution in [0.4, 0.5) is 0 Å². The quantitative estimate of drug-likeness (QED) is 0.612. The highest BCUT2D eigenvalue weighted by Gasteiger charge is 2.11. The maximum Gasteiger partial charge on any atom is 0.234 e. The molecule has 0 bridgehead atoms. The number of nitrogens with two attached hydrogens (primary N) is 1. The van der Waals surface area contributed by atoms with E-state index in [2.05, 4.69) is 5.32 Å². The van der Waals surface area contributed by atoms with Crippen molar-refractivity contribution in [3.63, 3.8) is 0 Å². The number of primary amides is 1. The Morgan fingerprint density at radius 2 is 1.87 bits per heavy atom. The second-order valence-electron chi connectivity index (χ2n) is 3.39. The summed E-state index contributed by atoms with van der Waals surface area (Å²) in [6.07, 6.45) is 0.402. The number of hydrogen-bond acceptors (Lipinski definition) is 3. The molecule has 0 aliphatic heterocycles. The first kappa shape index (κ1) is 13.9. The zero-order valence-electron chi connectivity index (χ0n) is 9.75. The smallest absolute Gasteiger partial charge is 0.234 e. The lowest BCUT2D eigenvalue weighted by atomic mass is 10.3. The van der Waals surface area contributed by atoms with E-state index in [0.29, 0.717) is 13.0 Å². The summed E-state index contributed by atoms with van der Waals surface area (Å²) in [5.74, 6) is -0.297. The van der Waals surface area contributed by atoms with Crippen molar-refractivity contribution < 1.29 is 9.59 Å². The van der Waals surface area contributed by atoms with E-state index in [9.17, 15) is 9.59 Å². The van der Waals surface area contributed by atoms with Gasteiger partial charge >= 0.3 is 0 Å². The molecule has 0 saturated carbocycles. The lowest BCUT2D eigenvalue weighted by Crippen LogP contribution is -2.41. The molecule has 0 rings (SSSR count). The van der Waals surface area contributed by atoms with Crippen LogP contribution in [0.15, 0.2) is 0 Å². The fraction of sp³-hybridized carbons (Fsp3) is 0.800. The number of hydrogen-bond donors (Lipinski definition) is 2. The molecule has 15 heavy (non-hydrogen) atoms. The zero-order valence-corrected chi connectivity index (χ0v) is 9.75. The molecular weight excluding hydrogens is 194 g/mol. The number of nitrogens with zero attached hydrogens (tertiary/aromatic N) is 1. The lowest BCUT2D eigenvalue weighted by Gasteiger charge is -2.19. The monoisotopic (exact) mass is 215 g/mol. The van der Waals surface area contributed by atoms with Crippen LogP contribution >= 0.6 is 0 Å². The fourth-order valence-electron chi connectivity index (χ4n) is 1.23. The van der Waals surface area contributed by atoms with Gasteiger partial charge in [0.1, 0.15) is 0 Å². The van der Waals surface area contributed by atoms with Gasteiger partial charge in [0.25, 0.3) is 0 Å². The Morgan fingerprint density at radius 1 is 1.33 bits per heavy atom. The molecule has 5 nitrogen and oxygen atoms in total. The van der Waals surface area contributed by atoms with Gasteiger partial charge in [-0.15, -0.1) is 0 Å². The SMILES string of the molecule is CCN(CC)C(=O)CCNC(C)C(N)=O. The maximum absolute atomic E-state index is 11.5. The minimum atomic E-state index is -0.398. The number of amides is 2. The van der Waals surface area contributed by atoms with E-state index < -0.39 is 5.91 Å². The highest BCUT2D eigenvalue weighted by Crippen LogP contribution is 1.93. The third kappa shape index (κ3) is 5.37. The van der Waals surface area contributed by atoms with Crippen LogP contribution in [0.25, 0.3) is 0 Å². The molecular formula is C10H21N3O2. The van der Waals surface area contributed by atoms with E-state index in [1.54, 1.807) is 11.8 Å². The summed E-state index contributed by atoms with van der Waals surface area (Å²) < 4.78 is 0. The summed E-state index contributed by atoms with van der Waals surface area (Å²) in [5.41, 5.74) is 5.07. The predicted molar refractivity (Wildman–Crippen MR) is 59.2 cm³/mol. The molecule has 0 saturated heterocycles. The van der Waals surface area contributed by atoms with Gasteiger partial charge in [-0.05, 0) is 20.8 Å². The van der Waals surface area contributed by atoms with Crippen molar-refractivity contribution in [1.82, 2.24) is 10.2 Å². The summed E-state index contributed by atoms with van der Waals surface area (Å²) >= 11 is 0. The van der Waals surface area contributed by atoms with Crippen molar-refractivity contribution in [3.05, 3.63) is 0 Å². The van der Waals surface area contributed by atoms with Crippen molar-refractivity contribution in [2.45, 2.75) is 33.2 Å². The first-order valence-electron chi connectivity index (χ1n) is 5.33. The second-order valence-corrected chi connectivity index (χ2v) is 3.39. The molecule has 3 N–H and O–H groups in total. The molecule has 0 spiro atoms. The van der Waals surface area contributed by atoms with Gasteiger partial charge in [-0.25, -0.2) is 0 Å². The number of carbonyl (C=O) groups is 2. The lowest BCUT2D eigenvalue weighted by molar-refractivity contribution is -0.131. The Labute approximate surface area is 91.0 Å². The summed E-state index contributed by atoms with van der Waals surface area (Å²) in [6.45, 7) is 7.51. The molecule has 0 aromatic rings. The van der Waals surface area contributed by atoms with E-state index in [-0.39, 0.29) is 11.9 Å². The van der Waals surface area contributed by atoms with Gasteiger partial charge in [0, 0.05) is 26.1 Å². The third-order valence-corrected chi connectivity index (χ3v) is 2.33. The van der Waals surface area contributed by atoms with Crippen LogP contribution in [0.1, 0.15) is 27.2 Å². The van der Waals surface area contributed by atoms with Crippen molar-refractivity contribution in [2.75, 3.05) is 19.6 Å². The molecule has 0 heterocycles. The summed E-state index contributed by atoms with van der Waals surface area (Å²) in [6, 6.07) is -0.380. The van der Waals surface area contributed by atoms with Gasteiger partial charge in [-0.3, -0.25) is 9.59 Å². The Morgan fingerprint density at radius 3 is 2.27 bits per heavy atom. The van der Waals surface area contributed by atoms with Gasteiger partial charge in [0.15, 0.2) is 0 Å². The van der Waals surface area contributed by atoms with Crippen LogP contribution in [-0.4, -0.2) is 42.4 Å². The Kier molecular flexibility index (Phi) is 6.70. The maximum atomic E-state index is 11.5. The molecule has 5 heteroatoms. The molecule has 0 aliphatic rings. The number of carbonyl (C=O) groups excluding carboxylic acids is 2. The standard InChI is InChI=1S/C10H21N3O2/c1-4-13(5-2)9(14)6-7-12-8(3)10(11)15/h8,12H,4-7H2,1-3H3,(H2,11,15). The largest absolute Gasteiger partial charge is 0.368 e. The van der Waals surface area contributed by atoms with Crippen molar-refractivity contribution in [1.29, 1.82) is 0 Å². The molecule has 1 unspecified atom stereocenters. The molecule has 0 aromatic carbocycles. The van der Waals surface area contributed by atoms with Gasteiger partial charge in [0.2, 0.25) is 11.8 Å². The first-order chi connectivity index (χ1) is 7.02. The molecule has 0 fully saturated rings. The minimum Gasteiger partial charge on any atom is -0.368 e. The van der Waals surface area contributed by atoms with Gasteiger partial charge in [-0.2, -0.15) is 0 Å². The van der Waals surface area contributed by atoms with Crippen molar-refractivity contribution in [2.24, 2.45) is 5.73 Å². The fourth-order valence-corrected chi connectivity index (χ4v) is 1.23. The topological polar surface area (TPSA) is 75.4 Å².